The van der Waals surface area contributed by atoms with Gasteiger partial charge in [0.15, 0.2) is 0 Å². The Bertz CT molecular complexity index is 137. The zero-order chi connectivity index (χ0) is 10.9. The van der Waals surface area contributed by atoms with Gasteiger partial charge in [0.2, 0.25) is 0 Å². The topological polar surface area (TPSA) is 0 Å². The summed E-state index contributed by atoms with van der Waals surface area (Å²) in [6.07, 6.45) is 8.17. The van der Waals surface area contributed by atoms with Crippen molar-refractivity contribution in [2.75, 3.05) is 0 Å². The van der Waals surface area contributed by atoms with Crippen molar-refractivity contribution in [1.82, 2.24) is 0 Å². The van der Waals surface area contributed by atoms with Crippen LogP contribution < -0.4 is 0 Å². The summed E-state index contributed by atoms with van der Waals surface area (Å²) >= 11 is -1.58. The number of hydrogen-bond acceptors (Lipinski definition) is 1. The van der Waals surface area contributed by atoms with E-state index < -0.39 is 11.9 Å². The number of hydrogen-bond donors (Lipinski definition) is 0. The first-order valence-corrected chi connectivity index (χ1v) is 12.9. The second kappa shape index (κ2) is 9.04. The first-order valence-electron chi connectivity index (χ1n) is 6.25. The molecule has 0 aliphatic carbocycles. The van der Waals surface area contributed by atoms with Crippen molar-refractivity contribution in [3.63, 3.8) is 0 Å². The summed E-state index contributed by atoms with van der Waals surface area (Å²) in [5, 5.41) is 4.30. The Morgan fingerprint density at radius 2 is 1.00 bits per heavy atom. The van der Waals surface area contributed by atoms with Crippen molar-refractivity contribution < 1.29 is 0 Å². The van der Waals surface area contributed by atoms with Crippen LogP contribution in [0.1, 0.15) is 59.3 Å². The molecule has 86 valence electrons. The fourth-order valence-corrected chi connectivity index (χ4v) is 10.7. The number of unbranched alkanes of at least 4 members (excludes halogenated alkanes) is 3. The SMILES string of the molecule is CCCC[As](=S)(CCCC)CCCC. The molecular formula is C12H27AsS. The third kappa shape index (κ3) is 7.12. The predicted molar refractivity (Wildman–Crippen MR) is 72.5 cm³/mol. The molecule has 0 aliphatic rings. The minimum atomic E-state index is -1.58. The van der Waals surface area contributed by atoms with Gasteiger partial charge >= 0.3 is 97.2 Å². The standard InChI is InChI=1S/C12H27AsS/c1-4-7-10-13(14,11-8-5-2)12-9-6-3/h4-12H2,1-3H3. The van der Waals surface area contributed by atoms with Crippen LogP contribution in [0.5, 0.6) is 0 Å². The van der Waals surface area contributed by atoms with Gasteiger partial charge in [0.25, 0.3) is 0 Å². The van der Waals surface area contributed by atoms with E-state index in [1.165, 1.54) is 54.2 Å². The molecule has 0 aromatic rings. The molecule has 2 heteroatoms. The van der Waals surface area contributed by atoms with Crippen molar-refractivity contribution in [2.24, 2.45) is 0 Å². The quantitative estimate of drug-likeness (QED) is 0.500. The van der Waals surface area contributed by atoms with E-state index in [-0.39, 0.29) is 0 Å². The summed E-state index contributed by atoms with van der Waals surface area (Å²) in [6, 6.07) is 0. The maximum atomic E-state index is 5.97. The molecule has 0 saturated heterocycles. The first kappa shape index (κ1) is 14.8. The molecular weight excluding hydrogens is 251 g/mol. The molecule has 0 nitrogen and oxygen atoms in total. The van der Waals surface area contributed by atoms with Crippen LogP contribution in [-0.2, 0) is 0 Å². The molecule has 0 unspecified atom stereocenters. The molecule has 0 rings (SSSR count). The van der Waals surface area contributed by atoms with Crippen LogP contribution in [0.15, 0.2) is 0 Å². The summed E-state index contributed by atoms with van der Waals surface area (Å²) < 4.78 is 0. The molecule has 0 bridgehead atoms. The molecule has 0 aliphatic heterocycles. The summed E-state index contributed by atoms with van der Waals surface area (Å²) in [4.78, 5) is 0. The molecule has 0 N–H and O–H groups in total. The Hall–Kier alpha value is 0.778. The second-order valence-electron chi connectivity index (χ2n) is 4.29. The molecule has 0 atom stereocenters. The van der Waals surface area contributed by atoms with Crippen LogP contribution in [0.3, 0.4) is 0 Å². The summed E-state index contributed by atoms with van der Waals surface area (Å²) in [7, 11) is 5.97. The van der Waals surface area contributed by atoms with Gasteiger partial charge in [-0.3, -0.25) is 0 Å². The molecule has 0 aromatic heterocycles. The van der Waals surface area contributed by atoms with Crippen molar-refractivity contribution in [3.05, 3.63) is 0 Å². The van der Waals surface area contributed by atoms with Gasteiger partial charge in [-0.15, -0.1) is 0 Å². The van der Waals surface area contributed by atoms with E-state index in [4.69, 9.17) is 10.4 Å². The maximum absolute atomic E-state index is 5.97. The molecule has 0 saturated carbocycles. The average Bonchev–Trinajstić information content (AvgIpc) is 2.21. The molecule has 0 radical (unpaired) electrons. The van der Waals surface area contributed by atoms with Crippen LogP contribution in [0.25, 0.3) is 0 Å². The first-order chi connectivity index (χ1) is 6.68. The summed E-state index contributed by atoms with van der Waals surface area (Å²) in [5.74, 6) is 0. The fraction of sp³-hybridized carbons (Fsp3) is 1.00. The van der Waals surface area contributed by atoms with Crippen LogP contribution in [-0.4, -0.2) is 11.9 Å². The molecule has 0 heterocycles. The molecule has 0 fully saturated rings. The zero-order valence-corrected chi connectivity index (χ0v) is 12.9. The Morgan fingerprint density at radius 3 is 1.21 bits per heavy atom. The van der Waals surface area contributed by atoms with E-state index in [1.54, 1.807) is 0 Å². The monoisotopic (exact) mass is 278 g/mol. The molecule has 14 heavy (non-hydrogen) atoms. The molecule has 0 spiro atoms. The third-order valence-corrected chi connectivity index (χ3v) is 12.7. The van der Waals surface area contributed by atoms with Gasteiger partial charge in [-0.05, 0) is 0 Å². The average molecular weight is 278 g/mol. The Kier molecular flexibility index (Phi) is 9.54. The van der Waals surface area contributed by atoms with E-state index in [9.17, 15) is 0 Å². The molecule has 0 amide bonds. The van der Waals surface area contributed by atoms with Gasteiger partial charge in [0, 0.05) is 0 Å². The minimum absolute atomic E-state index is 1.33. The van der Waals surface area contributed by atoms with Gasteiger partial charge < -0.3 is 0 Å². The van der Waals surface area contributed by atoms with Gasteiger partial charge in [0.05, 0.1) is 0 Å². The van der Waals surface area contributed by atoms with Crippen molar-refractivity contribution in [1.29, 1.82) is 0 Å². The van der Waals surface area contributed by atoms with Crippen LogP contribution >= 0.6 is 10.4 Å². The van der Waals surface area contributed by atoms with Crippen LogP contribution in [0, 0.1) is 0 Å². The van der Waals surface area contributed by atoms with Gasteiger partial charge in [0.1, 0.15) is 0 Å². The normalized spacial score (nSPS) is 11.9. The summed E-state index contributed by atoms with van der Waals surface area (Å²) in [6.45, 7) is 6.86. The zero-order valence-electron chi connectivity index (χ0n) is 10.2. The third-order valence-electron chi connectivity index (χ3n) is 2.76. The Labute approximate surface area is 97.1 Å². The summed E-state index contributed by atoms with van der Waals surface area (Å²) in [5.41, 5.74) is 0. The van der Waals surface area contributed by atoms with Gasteiger partial charge in [-0.1, -0.05) is 0 Å². The van der Waals surface area contributed by atoms with E-state index >= 15 is 0 Å². The Balaban J connectivity index is 3.97. The van der Waals surface area contributed by atoms with Crippen molar-refractivity contribution >= 4 is 22.3 Å². The molecule has 0 aromatic carbocycles. The van der Waals surface area contributed by atoms with Crippen molar-refractivity contribution in [3.8, 4) is 0 Å². The number of rotatable bonds is 9. The van der Waals surface area contributed by atoms with Crippen LogP contribution in [0.2, 0.25) is 15.6 Å². The van der Waals surface area contributed by atoms with E-state index in [0.29, 0.717) is 0 Å². The van der Waals surface area contributed by atoms with Gasteiger partial charge in [-0.25, -0.2) is 0 Å². The Morgan fingerprint density at radius 1 is 0.714 bits per heavy atom. The van der Waals surface area contributed by atoms with Crippen molar-refractivity contribution in [2.45, 2.75) is 74.9 Å². The predicted octanol–water partition coefficient (Wildman–Crippen LogP) is 5.53. The van der Waals surface area contributed by atoms with Crippen LogP contribution in [0.4, 0.5) is 0 Å². The fourth-order valence-electron chi connectivity index (χ4n) is 1.67. The van der Waals surface area contributed by atoms with E-state index in [1.807, 2.05) is 0 Å². The van der Waals surface area contributed by atoms with Gasteiger partial charge in [-0.2, -0.15) is 0 Å². The van der Waals surface area contributed by atoms with E-state index in [0.717, 1.165) is 0 Å². The second-order valence-corrected chi connectivity index (χ2v) is 15.6. The van der Waals surface area contributed by atoms with E-state index in [2.05, 4.69) is 20.8 Å².